The van der Waals surface area contributed by atoms with Crippen LogP contribution in [0.2, 0.25) is 0 Å². The third-order valence-electron chi connectivity index (χ3n) is 6.35. The van der Waals surface area contributed by atoms with Gasteiger partial charge in [-0.05, 0) is 64.7 Å². The molecule has 1 N–H and O–H groups in total. The van der Waals surface area contributed by atoms with Crippen molar-refractivity contribution >= 4 is 73.0 Å². The molecule has 10 nitrogen and oxygen atoms in total. The average Bonchev–Trinajstić information content (AvgIpc) is 3.24. The van der Waals surface area contributed by atoms with Crippen molar-refractivity contribution in [3.05, 3.63) is 109 Å². The average molecular weight is 648 g/mol. The Labute approximate surface area is 252 Å². The zero-order chi connectivity index (χ0) is 29.8. The van der Waals surface area contributed by atoms with E-state index < -0.39 is 28.5 Å². The fourth-order valence-corrected chi connectivity index (χ4v) is 5.52. The highest BCUT2D eigenvalue weighted by molar-refractivity contribution is 9.10. The quantitative estimate of drug-likeness (QED) is 0.120. The molecule has 42 heavy (non-hydrogen) atoms. The topological polar surface area (TPSA) is 128 Å². The molecule has 5 rings (SSSR count). The highest BCUT2D eigenvalue weighted by atomic mass is 79.9. The van der Waals surface area contributed by atoms with Crippen molar-refractivity contribution in [1.29, 1.82) is 0 Å². The third kappa shape index (κ3) is 6.29. The molecule has 1 heterocycles. The van der Waals surface area contributed by atoms with Crippen LogP contribution < -0.4 is 14.8 Å². The van der Waals surface area contributed by atoms with Crippen molar-refractivity contribution in [2.45, 2.75) is 6.61 Å². The van der Waals surface area contributed by atoms with E-state index in [0.717, 1.165) is 33.0 Å². The van der Waals surface area contributed by atoms with Crippen molar-refractivity contribution in [3.8, 4) is 11.5 Å². The van der Waals surface area contributed by atoms with Crippen LogP contribution in [-0.4, -0.2) is 40.5 Å². The number of benzene rings is 4. The summed E-state index contributed by atoms with van der Waals surface area (Å²) in [6, 6.07) is 22.4. The Balaban J connectivity index is 1.28. The van der Waals surface area contributed by atoms with Crippen molar-refractivity contribution in [2.75, 3.05) is 19.0 Å². The highest BCUT2D eigenvalue weighted by Crippen LogP contribution is 2.38. The molecular weight excluding hydrogens is 626 g/mol. The second-order valence-corrected chi connectivity index (χ2v) is 10.9. The number of nitro benzene ring substituents is 1. The molecule has 0 saturated carbocycles. The van der Waals surface area contributed by atoms with E-state index in [0.29, 0.717) is 27.2 Å². The summed E-state index contributed by atoms with van der Waals surface area (Å²) in [5, 5.41) is 14.9. The van der Waals surface area contributed by atoms with Gasteiger partial charge in [-0.1, -0.05) is 52.3 Å². The minimum Gasteiger partial charge on any atom is -0.493 e. The molecule has 3 amide bonds. The summed E-state index contributed by atoms with van der Waals surface area (Å²) in [5.41, 5.74) is 1.85. The van der Waals surface area contributed by atoms with Crippen LogP contribution >= 0.6 is 27.7 Å². The Kier molecular flexibility index (Phi) is 8.55. The molecule has 1 aliphatic heterocycles. The molecule has 1 aliphatic rings. The van der Waals surface area contributed by atoms with E-state index in [4.69, 9.17) is 9.47 Å². The van der Waals surface area contributed by atoms with Crippen molar-refractivity contribution in [2.24, 2.45) is 0 Å². The Morgan fingerprint density at radius 3 is 2.52 bits per heavy atom. The number of thioether (sulfide) groups is 1. The van der Waals surface area contributed by atoms with E-state index in [9.17, 15) is 24.5 Å². The fourth-order valence-electron chi connectivity index (χ4n) is 4.25. The van der Waals surface area contributed by atoms with Gasteiger partial charge in [0.15, 0.2) is 11.5 Å². The van der Waals surface area contributed by atoms with Gasteiger partial charge in [0.2, 0.25) is 5.91 Å². The van der Waals surface area contributed by atoms with Gasteiger partial charge in [0.05, 0.1) is 16.9 Å². The molecule has 212 valence electrons. The number of carbonyl (C=O) groups excluding carboxylic acids is 3. The first-order valence-corrected chi connectivity index (χ1v) is 14.1. The molecule has 4 aromatic rings. The number of imide groups is 1. The molecule has 12 heteroatoms. The number of nitrogens with one attached hydrogen (secondary N) is 1. The van der Waals surface area contributed by atoms with Crippen molar-refractivity contribution in [1.82, 2.24) is 4.90 Å². The monoisotopic (exact) mass is 647 g/mol. The van der Waals surface area contributed by atoms with Crippen LogP contribution in [-0.2, 0) is 16.2 Å². The lowest BCUT2D eigenvalue weighted by atomic mass is 10.1. The predicted molar refractivity (Wildman–Crippen MR) is 163 cm³/mol. The maximum atomic E-state index is 13.1. The van der Waals surface area contributed by atoms with E-state index in [2.05, 4.69) is 21.2 Å². The lowest BCUT2D eigenvalue weighted by Gasteiger charge is -2.14. The number of non-ortho nitro benzene ring substituents is 1. The maximum Gasteiger partial charge on any atom is 0.294 e. The summed E-state index contributed by atoms with van der Waals surface area (Å²) in [6.07, 6.45) is 1.54. The van der Waals surface area contributed by atoms with Crippen LogP contribution in [0.25, 0.3) is 16.8 Å². The summed E-state index contributed by atoms with van der Waals surface area (Å²) in [6.45, 7) is -0.287. The SMILES string of the molecule is COc1cc(/C=C2/SC(=O)N(CC(=O)Nc3cccc4ccccc34)C2=O)c(Br)cc1OCc1ccc([N+](=O)[O-])cc1. The number of rotatable bonds is 9. The number of nitrogens with zero attached hydrogens (tertiary/aromatic N) is 2. The molecule has 0 unspecified atom stereocenters. The standard InChI is InChI=1S/C30H22BrN3O7S/c1-40-25-13-20(23(31)15-26(25)41-17-18-9-11-21(12-10-18)34(38)39)14-27-29(36)33(30(37)42-27)16-28(35)32-24-8-4-6-19-5-2-3-7-22(19)24/h2-15H,16-17H2,1H3,(H,32,35)/b27-14+. The number of halogens is 1. The Morgan fingerprint density at radius 2 is 1.79 bits per heavy atom. The minimum atomic E-state index is -0.581. The molecule has 4 aromatic carbocycles. The first kappa shape index (κ1) is 28.8. The number of hydrogen-bond acceptors (Lipinski definition) is 8. The zero-order valence-corrected chi connectivity index (χ0v) is 24.4. The molecule has 0 spiro atoms. The van der Waals surface area contributed by atoms with Gasteiger partial charge in [0.25, 0.3) is 16.8 Å². The normalized spacial score (nSPS) is 14.0. The molecule has 0 aliphatic carbocycles. The summed E-state index contributed by atoms with van der Waals surface area (Å²) < 4.78 is 11.9. The van der Waals surface area contributed by atoms with Crippen LogP contribution in [0.1, 0.15) is 11.1 Å². The molecule has 0 bridgehead atoms. The first-order valence-electron chi connectivity index (χ1n) is 12.5. The summed E-state index contributed by atoms with van der Waals surface area (Å²) in [4.78, 5) is 50.0. The van der Waals surface area contributed by atoms with Gasteiger partial charge in [0, 0.05) is 27.7 Å². The number of nitro groups is 1. The Morgan fingerprint density at radius 1 is 1.05 bits per heavy atom. The zero-order valence-electron chi connectivity index (χ0n) is 22.0. The molecule has 1 saturated heterocycles. The lowest BCUT2D eigenvalue weighted by Crippen LogP contribution is -2.36. The molecule has 1 fully saturated rings. The van der Waals surface area contributed by atoms with Crippen molar-refractivity contribution < 1.29 is 28.8 Å². The summed E-state index contributed by atoms with van der Waals surface area (Å²) >= 11 is 4.22. The van der Waals surface area contributed by atoms with Gasteiger partial charge in [-0.3, -0.25) is 29.4 Å². The van der Waals surface area contributed by atoms with Gasteiger partial charge in [-0.25, -0.2) is 0 Å². The Bertz CT molecular complexity index is 1750. The van der Waals surface area contributed by atoms with Crippen LogP contribution in [0, 0.1) is 10.1 Å². The lowest BCUT2D eigenvalue weighted by molar-refractivity contribution is -0.384. The van der Waals surface area contributed by atoms with Gasteiger partial charge < -0.3 is 14.8 Å². The molecular formula is C30H22BrN3O7S. The first-order chi connectivity index (χ1) is 20.2. The Hall–Kier alpha value is -4.68. The summed E-state index contributed by atoms with van der Waals surface area (Å²) in [5.74, 6) is -0.298. The minimum absolute atomic E-state index is 0.0155. The molecule has 0 aromatic heterocycles. The van der Waals surface area contributed by atoms with E-state index in [-0.39, 0.29) is 17.2 Å². The van der Waals surface area contributed by atoms with Crippen LogP contribution in [0.3, 0.4) is 0 Å². The number of fused-ring (bicyclic) bond motifs is 1. The predicted octanol–water partition coefficient (Wildman–Crippen LogP) is 6.77. The number of carbonyl (C=O) groups is 3. The van der Waals surface area contributed by atoms with E-state index >= 15 is 0 Å². The highest BCUT2D eigenvalue weighted by Gasteiger charge is 2.36. The van der Waals surface area contributed by atoms with Gasteiger partial charge in [-0.2, -0.15) is 0 Å². The second kappa shape index (κ2) is 12.5. The van der Waals surface area contributed by atoms with E-state index in [1.807, 2.05) is 36.4 Å². The van der Waals surface area contributed by atoms with E-state index in [1.165, 1.54) is 19.2 Å². The number of amides is 3. The second-order valence-electron chi connectivity index (χ2n) is 9.08. The van der Waals surface area contributed by atoms with Crippen LogP contribution in [0.15, 0.2) is 88.2 Å². The fraction of sp³-hybridized carbons (Fsp3) is 0.100. The maximum absolute atomic E-state index is 13.1. The van der Waals surface area contributed by atoms with Crippen LogP contribution in [0.4, 0.5) is 16.2 Å². The number of ether oxygens (including phenoxy) is 2. The third-order valence-corrected chi connectivity index (χ3v) is 7.94. The van der Waals surface area contributed by atoms with Crippen LogP contribution in [0.5, 0.6) is 11.5 Å². The van der Waals surface area contributed by atoms with Gasteiger partial charge >= 0.3 is 0 Å². The molecule has 0 atom stereocenters. The number of methoxy groups -OCH3 is 1. The molecule has 0 radical (unpaired) electrons. The number of hydrogen-bond donors (Lipinski definition) is 1. The summed E-state index contributed by atoms with van der Waals surface area (Å²) in [7, 11) is 1.47. The van der Waals surface area contributed by atoms with Gasteiger partial charge in [-0.15, -0.1) is 0 Å². The largest absolute Gasteiger partial charge is 0.493 e. The van der Waals surface area contributed by atoms with Crippen molar-refractivity contribution in [3.63, 3.8) is 0 Å². The smallest absolute Gasteiger partial charge is 0.294 e. The van der Waals surface area contributed by atoms with E-state index in [1.54, 1.807) is 36.4 Å². The van der Waals surface area contributed by atoms with Gasteiger partial charge in [0.1, 0.15) is 13.2 Å². The number of anilines is 1.